The van der Waals surface area contributed by atoms with Crippen LogP contribution in [0.2, 0.25) is 0 Å². The second-order valence-corrected chi connectivity index (χ2v) is 7.46. The molecule has 2 aromatic rings. The topological polar surface area (TPSA) is 35.6 Å². The van der Waals surface area contributed by atoms with Crippen LogP contribution in [0.15, 0.2) is 48.5 Å². The summed E-state index contributed by atoms with van der Waals surface area (Å²) in [6.07, 6.45) is 2.02. The molecule has 0 aromatic heterocycles. The Morgan fingerprint density at radius 3 is 2.38 bits per heavy atom. The van der Waals surface area contributed by atoms with Crippen molar-refractivity contribution >= 4 is 6.03 Å². The maximum atomic E-state index is 11.8. The molecule has 0 spiro atoms. The number of hydrogen-bond donors (Lipinski definition) is 1. The third-order valence-corrected chi connectivity index (χ3v) is 5.01. The Morgan fingerprint density at radius 2 is 1.73 bits per heavy atom. The number of likely N-dealkylation sites (tertiary alicyclic amines) is 1. The number of carbonyl (C=O) groups is 1. The van der Waals surface area contributed by atoms with Crippen molar-refractivity contribution in [2.45, 2.75) is 32.4 Å². The maximum Gasteiger partial charge on any atom is 0.317 e. The Kier molecular flexibility index (Phi) is 5.94. The molecule has 1 aliphatic heterocycles. The summed E-state index contributed by atoms with van der Waals surface area (Å²) in [5.41, 5.74) is 5.19. The Morgan fingerprint density at radius 1 is 1.08 bits per heavy atom. The monoisotopic (exact) mass is 351 g/mol. The van der Waals surface area contributed by atoms with Crippen LogP contribution >= 0.6 is 0 Å². The molecule has 0 saturated carbocycles. The van der Waals surface area contributed by atoms with Crippen molar-refractivity contribution in [3.63, 3.8) is 0 Å². The summed E-state index contributed by atoms with van der Waals surface area (Å²) in [5.74, 6) is 0. The van der Waals surface area contributed by atoms with Gasteiger partial charge in [-0.25, -0.2) is 4.79 Å². The molecule has 26 heavy (non-hydrogen) atoms. The van der Waals surface area contributed by atoms with Crippen molar-refractivity contribution in [1.82, 2.24) is 15.1 Å². The summed E-state index contributed by atoms with van der Waals surface area (Å²) in [5, 5.41) is 3.10. The largest absolute Gasteiger partial charge is 0.335 e. The third kappa shape index (κ3) is 4.85. The van der Waals surface area contributed by atoms with E-state index in [9.17, 15) is 4.79 Å². The summed E-state index contributed by atoms with van der Waals surface area (Å²) in [4.78, 5) is 15.9. The molecule has 0 aliphatic carbocycles. The number of rotatable bonds is 4. The zero-order chi connectivity index (χ0) is 18.5. The number of nitrogens with one attached hydrogen (secondary N) is 1. The molecule has 0 unspecified atom stereocenters. The standard InChI is InChI=1S/C22H29N3O/c1-17-6-4-8-19(14-17)20-9-5-7-18(15-20)16-25-12-10-21(11-13-25)23-22(26)24(2)3/h4-9,14-15,21H,10-13,16H2,1-3H3,(H,23,26). The summed E-state index contributed by atoms with van der Waals surface area (Å²) in [6, 6.07) is 17.8. The van der Waals surface area contributed by atoms with E-state index in [0.29, 0.717) is 6.04 Å². The lowest BCUT2D eigenvalue weighted by Gasteiger charge is -2.33. The molecule has 1 heterocycles. The van der Waals surface area contributed by atoms with Crippen molar-refractivity contribution in [3.8, 4) is 11.1 Å². The van der Waals surface area contributed by atoms with Crippen molar-refractivity contribution < 1.29 is 4.79 Å². The number of urea groups is 1. The van der Waals surface area contributed by atoms with Gasteiger partial charge in [-0.15, -0.1) is 0 Å². The smallest absolute Gasteiger partial charge is 0.317 e. The molecule has 4 nitrogen and oxygen atoms in total. The Bertz CT molecular complexity index is 749. The van der Waals surface area contributed by atoms with Gasteiger partial charge in [-0.2, -0.15) is 0 Å². The van der Waals surface area contributed by atoms with E-state index in [1.54, 1.807) is 19.0 Å². The zero-order valence-corrected chi connectivity index (χ0v) is 16.0. The summed E-state index contributed by atoms with van der Waals surface area (Å²) in [6.45, 7) is 5.14. The van der Waals surface area contributed by atoms with Crippen molar-refractivity contribution in [1.29, 1.82) is 0 Å². The van der Waals surface area contributed by atoms with Crippen molar-refractivity contribution in [2.24, 2.45) is 0 Å². The number of amides is 2. The second-order valence-electron chi connectivity index (χ2n) is 7.46. The summed E-state index contributed by atoms with van der Waals surface area (Å²) in [7, 11) is 3.57. The number of carbonyl (C=O) groups excluding carboxylic acids is 1. The molecule has 0 radical (unpaired) electrons. The van der Waals surface area contributed by atoms with E-state index in [0.717, 1.165) is 32.5 Å². The van der Waals surface area contributed by atoms with E-state index < -0.39 is 0 Å². The predicted molar refractivity (Wildman–Crippen MR) is 107 cm³/mol. The van der Waals surface area contributed by atoms with E-state index in [1.807, 2.05) is 0 Å². The number of piperidine rings is 1. The molecule has 1 aliphatic rings. The van der Waals surface area contributed by atoms with E-state index in [2.05, 4.69) is 65.7 Å². The fraction of sp³-hybridized carbons (Fsp3) is 0.409. The fourth-order valence-electron chi connectivity index (χ4n) is 3.47. The molecule has 1 fully saturated rings. The van der Waals surface area contributed by atoms with Gasteiger partial charge < -0.3 is 10.2 Å². The van der Waals surface area contributed by atoms with Crippen molar-refractivity contribution in [2.75, 3.05) is 27.2 Å². The van der Waals surface area contributed by atoms with Gasteiger partial charge in [0, 0.05) is 39.8 Å². The first-order valence-electron chi connectivity index (χ1n) is 9.37. The SMILES string of the molecule is Cc1cccc(-c2cccc(CN3CCC(NC(=O)N(C)C)CC3)c2)c1. The highest BCUT2D eigenvalue weighted by molar-refractivity contribution is 5.73. The molecule has 4 heteroatoms. The predicted octanol–water partition coefficient (Wildman–Crippen LogP) is 3.90. The van der Waals surface area contributed by atoms with Crippen LogP contribution in [0.5, 0.6) is 0 Å². The minimum absolute atomic E-state index is 0.00862. The number of benzene rings is 2. The van der Waals surface area contributed by atoms with Crippen LogP contribution < -0.4 is 5.32 Å². The Hall–Kier alpha value is -2.33. The van der Waals surface area contributed by atoms with Gasteiger partial charge in [0.15, 0.2) is 0 Å². The first-order chi connectivity index (χ1) is 12.5. The van der Waals surface area contributed by atoms with E-state index >= 15 is 0 Å². The molecule has 2 aromatic carbocycles. The van der Waals surface area contributed by atoms with Gasteiger partial charge in [0.25, 0.3) is 0 Å². The highest BCUT2D eigenvalue weighted by atomic mass is 16.2. The van der Waals surface area contributed by atoms with Gasteiger partial charge in [-0.3, -0.25) is 4.90 Å². The van der Waals surface area contributed by atoms with Gasteiger partial charge in [-0.1, -0.05) is 48.0 Å². The van der Waals surface area contributed by atoms with Crippen LogP contribution in [0, 0.1) is 6.92 Å². The van der Waals surface area contributed by atoms with Crippen molar-refractivity contribution in [3.05, 3.63) is 59.7 Å². The molecule has 1 saturated heterocycles. The molecular weight excluding hydrogens is 322 g/mol. The number of aryl methyl sites for hydroxylation is 1. The van der Waals surface area contributed by atoms with Gasteiger partial charge >= 0.3 is 6.03 Å². The zero-order valence-electron chi connectivity index (χ0n) is 16.0. The van der Waals surface area contributed by atoms with E-state index in [-0.39, 0.29) is 6.03 Å². The quantitative estimate of drug-likeness (QED) is 0.907. The normalized spacial score (nSPS) is 15.7. The van der Waals surface area contributed by atoms with Crippen LogP contribution in [0.25, 0.3) is 11.1 Å². The average molecular weight is 351 g/mol. The van der Waals surface area contributed by atoms with Gasteiger partial charge in [0.1, 0.15) is 0 Å². The van der Waals surface area contributed by atoms with E-state index in [1.165, 1.54) is 22.3 Å². The minimum atomic E-state index is 0.00862. The second kappa shape index (κ2) is 8.37. The van der Waals surface area contributed by atoms with Crippen LogP contribution in [0.4, 0.5) is 4.79 Å². The van der Waals surface area contributed by atoms with Crippen LogP contribution in [-0.2, 0) is 6.54 Å². The number of nitrogens with zero attached hydrogens (tertiary/aromatic N) is 2. The summed E-state index contributed by atoms with van der Waals surface area (Å²) >= 11 is 0. The lowest BCUT2D eigenvalue weighted by molar-refractivity contribution is 0.178. The molecule has 0 bridgehead atoms. The lowest BCUT2D eigenvalue weighted by atomic mass is 10.0. The van der Waals surface area contributed by atoms with Crippen LogP contribution in [0.1, 0.15) is 24.0 Å². The number of hydrogen-bond acceptors (Lipinski definition) is 2. The van der Waals surface area contributed by atoms with Gasteiger partial charge in [-0.05, 0) is 42.5 Å². The molecule has 3 rings (SSSR count). The third-order valence-electron chi connectivity index (χ3n) is 5.01. The average Bonchev–Trinajstić information content (AvgIpc) is 2.63. The van der Waals surface area contributed by atoms with Gasteiger partial charge in [0.2, 0.25) is 0 Å². The molecule has 2 amide bonds. The van der Waals surface area contributed by atoms with Crippen LogP contribution in [-0.4, -0.2) is 49.1 Å². The molecule has 1 N–H and O–H groups in total. The Balaban J connectivity index is 1.57. The first-order valence-corrected chi connectivity index (χ1v) is 9.37. The van der Waals surface area contributed by atoms with Gasteiger partial charge in [0.05, 0.1) is 0 Å². The fourth-order valence-corrected chi connectivity index (χ4v) is 3.47. The highest BCUT2D eigenvalue weighted by Crippen LogP contribution is 2.23. The Labute approximate surface area is 156 Å². The molecule has 138 valence electrons. The maximum absolute atomic E-state index is 11.8. The summed E-state index contributed by atoms with van der Waals surface area (Å²) < 4.78 is 0. The molecular formula is C22H29N3O. The lowest BCUT2D eigenvalue weighted by Crippen LogP contribution is -2.47. The minimum Gasteiger partial charge on any atom is -0.335 e. The van der Waals surface area contributed by atoms with Crippen LogP contribution in [0.3, 0.4) is 0 Å². The first kappa shape index (κ1) is 18.5. The molecule has 0 atom stereocenters. The van der Waals surface area contributed by atoms with E-state index in [4.69, 9.17) is 0 Å². The highest BCUT2D eigenvalue weighted by Gasteiger charge is 2.21.